The molecule has 0 fully saturated rings. The van der Waals surface area contributed by atoms with E-state index in [9.17, 15) is 13.2 Å². The number of rotatable bonds is 6. The average molecular weight is 380 g/mol. The minimum Gasteiger partial charge on any atom is -0.348 e. The van der Waals surface area contributed by atoms with Gasteiger partial charge >= 0.3 is 0 Å². The lowest BCUT2D eigenvalue weighted by molar-refractivity contribution is 0.0951. The number of sulfonamides is 1. The monoisotopic (exact) mass is 380 g/mol. The largest absolute Gasteiger partial charge is 0.348 e. The molecule has 0 aromatic heterocycles. The van der Waals surface area contributed by atoms with E-state index < -0.39 is 10.0 Å². The van der Waals surface area contributed by atoms with Crippen molar-refractivity contribution in [1.29, 1.82) is 0 Å². The summed E-state index contributed by atoms with van der Waals surface area (Å²) in [7, 11) is -2.21. The van der Waals surface area contributed by atoms with Crippen LogP contribution < -0.4 is 9.62 Å². The first-order chi connectivity index (χ1) is 13.0. The second kappa shape index (κ2) is 8.05. The van der Waals surface area contributed by atoms with Gasteiger partial charge in [-0.2, -0.15) is 0 Å². The summed E-state index contributed by atoms with van der Waals surface area (Å²) in [6.45, 7) is 0.405. The first kappa shape index (κ1) is 18.7. The van der Waals surface area contributed by atoms with Crippen molar-refractivity contribution in [2.45, 2.75) is 11.4 Å². The molecule has 5 nitrogen and oxygen atoms in total. The molecule has 6 heteroatoms. The van der Waals surface area contributed by atoms with Gasteiger partial charge in [-0.3, -0.25) is 9.10 Å². The highest BCUT2D eigenvalue weighted by Crippen LogP contribution is 2.22. The van der Waals surface area contributed by atoms with E-state index in [4.69, 9.17) is 0 Å². The summed E-state index contributed by atoms with van der Waals surface area (Å²) in [5.41, 5.74) is 1.82. The highest BCUT2D eigenvalue weighted by atomic mass is 32.2. The molecule has 3 aromatic carbocycles. The molecule has 27 heavy (non-hydrogen) atoms. The van der Waals surface area contributed by atoms with Gasteiger partial charge in [0.2, 0.25) is 0 Å². The van der Waals surface area contributed by atoms with Crippen molar-refractivity contribution in [3.05, 3.63) is 96.1 Å². The molecule has 1 amide bonds. The van der Waals surface area contributed by atoms with Crippen LogP contribution >= 0.6 is 0 Å². The van der Waals surface area contributed by atoms with E-state index in [2.05, 4.69) is 5.32 Å². The van der Waals surface area contributed by atoms with Crippen molar-refractivity contribution in [3.63, 3.8) is 0 Å². The molecule has 0 atom stereocenters. The maximum Gasteiger partial charge on any atom is 0.264 e. The number of hydrogen-bond donors (Lipinski definition) is 1. The van der Waals surface area contributed by atoms with Crippen molar-refractivity contribution < 1.29 is 13.2 Å². The second-order valence-corrected chi connectivity index (χ2v) is 7.97. The third-order valence-electron chi connectivity index (χ3n) is 4.17. The van der Waals surface area contributed by atoms with Crippen molar-refractivity contribution in [3.8, 4) is 0 Å². The Morgan fingerprint density at radius 3 is 2.19 bits per heavy atom. The van der Waals surface area contributed by atoms with Crippen LogP contribution in [0, 0.1) is 0 Å². The fraction of sp³-hybridized carbons (Fsp3) is 0.0952. The third-order valence-corrected chi connectivity index (χ3v) is 5.97. The fourth-order valence-electron chi connectivity index (χ4n) is 2.61. The zero-order valence-electron chi connectivity index (χ0n) is 14.9. The summed E-state index contributed by atoms with van der Waals surface area (Å²) in [5.74, 6) is -0.258. The SMILES string of the molecule is CN(c1cccc(C(=O)NCc2ccccc2)c1)S(=O)(=O)c1ccccc1. The second-order valence-electron chi connectivity index (χ2n) is 6.00. The Bertz CT molecular complexity index is 1020. The van der Waals surface area contributed by atoms with Gasteiger partial charge in [0, 0.05) is 19.2 Å². The average Bonchev–Trinajstić information content (AvgIpc) is 2.73. The molecule has 0 saturated carbocycles. The van der Waals surface area contributed by atoms with Crippen molar-refractivity contribution in [2.24, 2.45) is 0 Å². The molecule has 0 aliphatic carbocycles. The fourth-order valence-corrected chi connectivity index (χ4v) is 3.82. The van der Waals surface area contributed by atoms with E-state index >= 15 is 0 Å². The normalized spacial score (nSPS) is 11.0. The Morgan fingerprint density at radius 2 is 1.52 bits per heavy atom. The van der Waals surface area contributed by atoms with Gasteiger partial charge in [0.05, 0.1) is 10.6 Å². The molecule has 0 bridgehead atoms. The summed E-state index contributed by atoms with van der Waals surface area (Å²) in [6.07, 6.45) is 0. The lowest BCUT2D eigenvalue weighted by atomic mass is 10.1. The summed E-state index contributed by atoms with van der Waals surface area (Å²) in [5, 5.41) is 2.84. The van der Waals surface area contributed by atoms with Crippen LogP contribution in [-0.4, -0.2) is 21.4 Å². The smallest absolute Gasteiger partial charge is 0.264 e. The summed E-state index contributed by atoms with van der Waals surface area (Å²) in [6, 6.07) is 24.3. The minimum absolute atomic E-state index is 0.200. The van der Waals surface area contributed by atoms with E-state index in [1.165, 1.54) is 11.4 Å². The summed E-state index contributed by atoms with van der Waals surface area (Å²) >= 11 is 0. The number of hydrogen-bond acceptors (Lipinski definition) is 3. The van der Waals surface area contributed by atoms with Crippen LogP contribution in [0.5, 0.6) is 0 Å². The minimum atomic E-state index is -3.69. The first-order valence-electron chi connectivity index (χ1n) is 8.44. The van der Waals surface area contributed by atoms with E-state index in [0.717, 1.165) is 5.56 Å². The highest BCUT2D eigenvalue weighted by molar-refractivity contribution is 7.92. The van der Waals surface area contributed by atoms with E-state index in [1.54, 1.807) is 54.6 Å². The molecule has 0 heterocycles. The molecule has 0 saturated heterocycles. The molecule has 0 aliphatic heterocycles. The Labute approximate surface area is 159 Å². The topological polar surface area (TPSA) is 66.5 Å². The molecule has 0 spiro atoms. The molecular weight excluding hydrogens is 360 g/mol. The van der Waals surface area contributed by atoms with Crippen LogP contribution in [0.15, 0.2) is 89.8 Å². The van der Waals surface area contributed by atoms with Gasteiger partial charge in [-0.05, 0) is 35.9 Å². The number of carbonyl (C=O) groups excluding carboxylic acids is 1. The zero-order chi connectivity index (χ0) is 19.3. The Kier molecular flexibility index (Phi) is 5.57. The Morgan fingerprint density at radius 1 is 0.889 bits per heavy atom. The summed E-state index contributed by atoms with van der Waals surface area (Å²) in [4.78, 5) is 12.6. The quantitative estimate of drug-likeness (QED) is 0.712. The molecule has 3 rings (SSSR count). The van der Waals surface area contributed by atoms with Gasteiger partial charge in [0.25, 0.3) is 15.9 Å². The number of amides is 1. The van der Waals surface area contributed by atoms with Gasteiger partial charge in [0.15, 0.2) is 0 Å². The van der Waals surface area contributed by atoms with Crippen molar-refractivity contribution >= 4 is 21.6 Å². The Balaban J connectivity index is 1.77. The standard InChI is InChI=1S/C21H20N2O3S/c1-23(27(25,26)20-13-6-3-7-14-20)19-12-8-11-18(15-19)21(24)22-16-17-9-4-2-5-10-17/h2-15H,16H2,1H3,(H,22,24). The van der Waals surface area contributed by atoms with Crippen LogP contribution in [-0.2, 0) is 16.6 Å². The van der Waals surface area contributed by atoms with Gasteiger partial charge in [-0.1, -0.05) is 54.6 Å². The zero-order valence-corrected chi connectivity index (χ0v) is 15.7. The van der Waals surface area contributed by atoms with Crippen LogP contribution in [0.4, 0.5) is 5.69 Å². The molecule has 1 N–H and O–H groups in total. The molecule has 3 aromatic rings. The van der Waals surface area contributed by atoms with Crippen LogP contribution in [0.25, 0.3) is 0 Å². The number of nitrogens with one attached hydrogen (secondary N) is 1. The molecular formula is C21H20N2O3S. The molecule has 0 radical (unpaired) electrons. The number of carbonyl (C=O) groups is 1. The third kappa shape index (κ3) is 4.35. The number of benzene rings is 3. The van der Waals surface area contributed by atoms with E-state index in [0.29, 0.717) is 17.8 Å². The van der Waals surface area contributed by atoms with Gasteiger partial charge in [-0.25, -0.2) is 8.42 Å². The van der Waals surface area contributed by atoms with Crippen molar-refractivity contribution in [2.75, 3.05) is 11.4 Å². The van der Waals surface area contributed by atoms with Crippen molar-refractivity contribution in [1.82, 2.24) is 5.32 Å². The van der Waals surface area contributed by atoms with Crippen LogP contribution in [0.2, 0.25) is 0 Å². The number of nitrogens with zero attached hydrogens (tertiary/aromatic N) is 1. The van der Waals surface area contributed by atoms with E-state index in [1.807, 2.05) is 30.3 Å². The maximum absolute atomic E-state index is 12.7. The number of anilines is 1. The van der Waals surface area contributed by atoms with Crippen LogP contribution in [0.1, 0.15) is 15.9 Å². The molecule has 0 unspecified atom stereocenters. The van der Waals surface area contributed by atoms with Gasteiger partial charge in [0.1, 0.15) is 0 Å². The van der Waals surface area contributed by atoms with Crippen LogP contribution in [0.3, 0.4) is 0 Å². The van der Waals surface area contributed by atoms with Gasteiger partial charge in [-0.15, -0.1) is 0 Å². The first-order valence-corrected chi connectivity index (χ1v) is 9.88. The summed E-state index contributed by atoms with van der Waals surface area (Å²) < 4.78 is 26.7. The van der Waals surface area contributed by atoms with E-state index in [-0.39, 0.29) is 10.8 Å². The lowest BCUT2D eigenvalue weighted by Gasteiger charge is -2.20. The Hall–Kier alpha value is -3.12. The molecule has 138 valence electrons. The predicted octanol–water partition coefficient (Wildman–Crippen LogP) is 3.44. The highest BCUT2D eigenvalue weighted by Gasteiger charge is 2.21. The lowest BCUT2D eigenvalue weighted by Crippen LogP contribution is -2.27. The van der Waals surface area contributed by atoms with Gasteiger partial charge < -0.3 is 5.32 Å². The molecule has 0 aliphatic rings. The predicted molar refractivity (Wildman–Crippen MR) is 106 cm³/mol. The maximum atomic E-state index is 12.7.